The average Bonchev–Trinajstić information content (AvgIpc) is 2.40. The fraction of sp³-hybridized carbons (Fsp3) is 0.385. The quantitative estimate of drug-likeness (QED) is 0.811. The van der Waals surface area contributed by atoms with Gasteiger partial charge in [0, 0.05) is 30.4 Å². The Balaban J connectivity index is 1.99. The number of benzene rings is 1. The van der Waals surface area contributed by atoms with Gasteiger partial charge in [-0.1, -0.05) is 12.1 Å². The van der Waals surface area contributed by atoms with Gasteiger partial charge < -0.3 is 10.1 Å². The average molecular weight is 233 g/mol. The molecule has 1 amide bonds. The normalized spacial score (nSPS) is 16.5. The molecule has 1 aliphatic heterocycles. The van der Waals surface area contributed by atoms with Crippen molar-refractivity contribution in [2.45, 2.75) is 12.8 Å². The first kappa shape index (κ1) is 11.8. The van der Waals surface area contributed by atoms with Crippen molar-refractivity contribution in [1.82, 2.24) is 0 Å². The first-order valence-electron chi connectivity index (χ1n) is 5.73. The van der Waals surface area contributed by atoms with Gasteiger partial charge in [-0.25, -0.2) is 0 Å². The van der Waals surface area contributed by atoms with Gasteiger partial charge in [-0.15, -0.1) is 0 Å². The minimum absolute atomic E-state index is 0.0105. The summed E-state index contributed by atoms with van der Waals surface area (Å²) in [4.78, 5) is 22.5. The molecule has 0 saturated carbocycles. The maximum Gasteiger partial charge on any atom is 0.227 e. The summed E-state index contributed by atoms with van der Waals surface area (Å²) in [6.07, 6.45) is 2.29. The second kappa shape index (κ2) is 5.59. The van der Waals surface area contributed by atoms with Crippen LogP contribution in [0.2, 0.25) is 0 Å². The summed E-state index contributed by atoms with van der Waals surface area (Å²) >= 11 is 0. The molecule has 1 heterocycles. The molecule has 17 heavy (non-hydrogen) atoms. The van der Waals surface area contributed by atoms with E-state index < -0.39 is 0 Å². The lowest BCUT2D eigenvalue weighted by Crippen LogP contribution is -2.28. The van der Waals surface area contributed by atoms with Crippen molar-refractivity contribution in [3.8, 4) is 0 Å². The van der Waals surface area contributed by atoms with Crippen molar-refractivity contribution in [3.05, 3.63) is 29.8 Å². The van der Waals surface area contributed by atoms with Crippen LogP contribution in [0.25, 0.3) is 0 Å². The van der Waals surface area contributed by atoms with E-state index in [9.17, 15) is 9.59 Å². The smallest absolute Gasteiger partial charge is 0.227 e. The van der Waals surface area contributed by atoms with E-state index in [-0.39, 0.29) is 11.8 Å². The van der Waals surface area contributed by atoms with Crippen LogP contribution >= 0.6 is 0 Å². The van der Waals surface area contributed by atoms with Crippen LogP contribution in [0.5, 0.6) is 0 Å². The van der Waals surface area contributed by atoms with Gasteiger partial charge in [0.25, 0.3) is 0 Å². The van der Waals surface area contributed by atoms with Gasteiger partial charge in [-0.2, -0.15) is 0 Å². The van der Waals surface area contributed by atoms with E-state index in [2.05, 4.69) is 5.32 Å². The van der Waals surface area contributed by atoms with Crippen molar-refractivity contribution in [2.75, 3.05) is 18.5 Å². The molecular weight excluding hydrogens is 218 g/mol. The van der Waals surface area contributed by atoms with Crippen LogP contribution in [-0.2, 0) is 9.53 Å². The van der Waals surface area contributed by atoms with Crippen LogP contribution in [0.3, 0.4) is 0 Å². The summed E-state index contributed by atoms with van der Waals surface area (Å²) in [5.74, 6) is 0.0278. The second-order valence-corrected chi connectivity index (χ2v) is 4.12. The van der Waals surface area contributed by atoms with Gasteiger partial charge in [-0.3, -0.25) is 9.59 Å². The fourth-order valence-electron chi connectivity index (χ4n) is 1.89. The molecule has 90 valence electrons. The Kier molecular flexibility index (Phi) is 3.88. The fourth-order valence-corrected chi connectivity index (χ4v) is 1.89. The lowest BCUT2D eigenvalue weighted by Gasteiger charge is -2.21. The Morgan fingerprint density at radius 3 is 2.82 bits per heavy atom. The van der Waals surface area contributed by atoms with Gasteiger partial charge in [0.15, 0.2) is 0 Å². The summed E-state index contributed by atoms with van der Waals surface area (Å²) in [6.45, 7) is 1.29. The van der Waals surface area contributed by atoms with Crippen molar-refractivity contribution in [3.63, 3.8) is 0 Å². The van der Waals surface area contributed by atoms with Gasteiger partial charge in [0.1, 0.15) is 6.29 Å². The Morgan fingerprint density at radius 2 is 2.12 bits per heavy atom. The van der Waals surface area contributed by atoms with E-state index >= 15 is 0 Å². The van der Waals surface area contributed by atoms with Gasteiger partial charge in [0.05, 0.1) is 0 Å². The molecule has 0 radical (unpaired) electrons. The number of hydrogen-bond donors (Lipinski definition) is 1. The molecule has 0 spiro atoms. The molecule has 0 bridgehead atoms. The first-order chi connectivity index (χ1) is 8.29. The third-order valence-electron chi connectivity index (χ3n) is 2.88. The number of amides is 1. The maximum atomic E-state index is 11.9. The molecule has 4 heteroatoms. The van der Waals surface area contributed by atoms with Crippen molar-refractivity contribution < 1.29 is 14.3 Å². The van der Waals surface area contributed by atoms with Gasteiger partial charge >= 0.3 is 0 Å². The molecule has 0 aromatic heterocycles. The molecule has 1 fully saturated rings. The molecule has 1 saturated heterocycles. The zero-order chi connectivity index (χ0) is 12.1. The van der Waals surface area contributed by atoms with Crippen molar-refractivity contribution in [1.29, 1.82) is 0 Å². The van der Waals surface area contributed by atoms with E-state index in [4.69, 9.17) is 4.74 Å². The van der Waals surface area contributed by atoms with Crippen LogP contribution in [0.4, 0.5) is 5.69 Å². The number of hydrogen-bond acceptors (Lipinski definition) is 3. The molecule has 4 nitrogen and oxygen atoms in total. The molecule has 1 aliphatic rings. The first-order valence-corrected chi connectivity index (χ1v) is 5.73. The highest BCUT2D eigenvalue weighted by Gasteiger charge is 2.21. The van der Waals surface area contributed by atoms with Crippen molar-refractivity contribution in [2.24, 2.45) is 5.92 Å². The highest BCUT2D eigenvalue weighted by molar-refractivity contribution is 5.93. The van der Waals surface area contributed by atoms with Crippen molar-refractivity contribution >= 4 is 17.9 Å². The summed E-state index contributed by atoms with van der Waals surface area (Å²) in [6, 6.07) is 6.91. The van der Waals surface area contributed by atoms with Crippen LogP contribution in [-0.4, -0.2) is 25.4 Å². The van der Waals surface area contributed by atoms with E-state index in [0.29, 0.717) is 24.5 Å². The highest BCUT2D eigenvalue weighted by Crippen LogP contribution is 2.17. The molecule has 1 N–H and O–H groups in total. The minimum atomic E-state index is 0.0105. The van der Waals surface area contributed by atoms with Crippen LogP contribution in [0.15, 0.2) is 24.3 Å². The number of rotatable bonds is 3. The highest BCUT2D eigenvalue weighted by atomic mass is 16.5. The summed E-state index contributed by atoms with van der Waals surface area (Å²) < 4.78 is 5.21. The number of nitrogens with one attached hydrogen (secondary N) is 1. The second-order valence-electron chi connectivity index (χ2n) is 4.12. The number of carbonyl (C=O) groups excluding carboxylic acids is 2. The predicted molar refractivity (Wildman–Crippen MR) is 64.0 cm³/mol. The molecule has 2 rings (SSSR count). The zero-order valence-corrected chi connectivity index (χ0v) is 9.52. The van der Waals surface area contributed by atoms with E-state index in [1.807, 2.05) is 0 Å². The van der Waals surface area contributed by atoms with Crippen LogP contribution in [0, 0.1) is 5.92 Å². The Morgan fingerprint density at radius 1 is 1.35 bits per heavy atom. The standard InChI is InChI=1S/C13H15NO3/c15-9-10-2-1-3-12(8-10)14-13(16)11-4-6-17-7-5-11/h1-3,8-9,11H,4-7H2,(H,14,16). The summed E-state index contributed by atoms with van der Waals surface area (Å²) in [5, 5.41) is 2.83. The van der Waals surface area contributed by atoms with Gasteiger partial charge in [0.2, 0.25) is 5.91 Å². The Labute approximate surface area is 100.0 Å². The number of anilines is 1. The predicted octanol–water partition coefficient (Wildman–Crippen LogP) is 1.86. The lowest BCUT2D eigenvalue weighted by molar-refractivity contribution is -0.122. The van der Waals surface area contributed by atoms with E-state index in [1.165, 1.54) is 0 Å². The Hall–Kier alpha value is -1.68. The van der Waals surface area contributed by atoms with E-state index in [0.717, 1.165) is 19.1 Å². The third kappa shape index (κ3) is 3.14. The topological polar surface area (TPSA) is 55.4 Å². The largest absolute Gasteiger partial charge is 0.381 e. The van der Waals surface area contributed by atoms with Gasteiger partial charge in [-0.05, 0) is 25.0 Å². The minimum Gasteiger partial charge on any atom is -0.381 e. The van der Waals surface area contributed by atoms with Crippen LogP contribution < -0.4 is 5.32 Å². The number of aldehydes is 1. The molecule has 1 aromatic carbocycles. The molecular formula is C13H15NO3. The SMILES string of the molecule is O=Cc1cccc(NC(=O)C2CCOCC2)c1. The molecule has 0 aliphatic carbocycles. The third-order valence-corrected chi connectivity index (χ3v) is 2.88. The monoisotopic (exact) mass is 233 g/mol. The molecule has 0 atom stereocenters. The lowest BCUT2D eigenvalue weighted by atomic mass is 9.99. The van der Waals surface area contributed by atoms with Crippen LogP contribution in [0.1, 0.15) is 23.2 Å². The molecule has 1 aromatic rings. The zero-order valence-electron chi connectivity index (χ0n) is 9.52. The van der Waals surface area contributed by atoms with E-state index in [1.54, 1.807) is 24.3 Å². The summed E-state index contributed by atoms with van der Waals surface area (Å²) in [5.41, 5.74) is 1.24. The Bertz CT molecular complexity index is 411. The number of carbonyl (C=O) groups is 2. The number of ether oxygens (including phenoxy) is 1. The summed E-state index contributed by atoms with van der Waals surface area (Å²) in [7, 11) is 0. The maximum absolute atomic E-state index is 11.9. The molecule has 0 unspecified atom stereocenters.